The monoisotopic (exact) mass is 343 g/mol. The van der Waals surface area contributed by atoms with Crippen molar-refractivity contribution in [3.8, 4) is 5.75 Å². The topological polar surface area (TPSA) is 58.6 Å². The number of amides is 1. The molecular weight excluding hydrogens is 321 g/mol. The van der Waals surface area contributed by atoms with Gasteiger partial charge < -0.3 is 15.2 Å². The van der Waals surface area contributed by atoms with E-state index in [9.17, 15) is 14.3 Å². The first-order chi connectivity index (χ1) is 11.8. The van der Waals surface area contributed by atoms with Gasteiger partial charge in [0.2, 0.25) is 0 Å². The predicted molar refractivity (Wildman–Crippen MR) is 93.1 cm³/mol. The van der Waals surface area contributed by atoms with E-state index in [4.69, 9.17) is 4.74 Å². The predicted octanol–water partition coefficient (Wildman–Crippen LogP) is 3.39. The molecule has 2 aromatic rings. The Hall–Kier alpha value is -2.40. The summed E-state index contributed by atoms with van der Waals surface area (Å²) in [4.78, 5) is 12.6. The van der Waals surface area contributed by atoms with E-state index in [1.807, 2.05) is 25.1 Å². The fourth-order valence-electron chi connectivity index (χ4n) is 3.05. The number of aryl methyl sites for hydroxylation is 1. The summed E-state index contributed by atoms with van der Waals surface area (Å²) in [5, 5.41) is 13.6. The number of hydrogen-bond acceptors (Lipinski definition) is 3. The zero-order chi connectivity index (χ0) is 18.2. The number of fused-ring (bicyclic) bond motifs is 1. The Kier molecular flexibility index (Phi) is 4.52. The highest BCUT2D eigenvalue weighted by Gasteiger charge is 2.43. The van der Waals surface area contributed by atoms with Gasteiger partial charge in [-0.05, 0) is 62.2 Å². The van der Waals surface area contributed by atoms with Crippen LogP contribution in [-0.4, -0.2) is 22.7 Å². The minimum atomic E-state index is -0.920. The summed E-state index contributed by atoms with van der Waals surface area (Å²) in [5.41, 5.74) is 1.34. The maximum atomic E-state index is 13.1. The van der Waals surface area contributed by atoms with Crippen molar-refractivity contribution in [1.82, 2.24) is 5.32 Å². The molecule has 25 heavy (non-hydrogen) atoms. The van der Waals surface area contributed by atoms with E-state index in [1.165, 1.54) is 24.3 Å². The molecule has 2 aromatic carbocycles. The molecule has 3 rings (SSSR count). The highest BCUT2D eigenvalue weighted by molar-refractivity contribution is 5.94. The van der Waals surface area contributed by atoms with Crippen LogP contribution in [0.1, 0.15) is 48.3 Å². The molecule has 132 valence electrons. The number of nitrogens with one attached hydrogen (secondary N) is 1. The number of halogens is 1. The third-order valence-electron chi connectivity index (χ3n) is 4.61. The molecule has 1 amide bonds. The minimum absolute atomic E-state index is 0.339. The van der Waals surface area contributed by atoms with E-state index in [1.54, 1.807) is 13.8 Å². The summed E-state index contributed by atoms with van der Waals surface area (Å²) < 4.78 is 19.0. The molecule has 0 spiro atoms. The maximum absolute atomic E-state index is 13.1. The molecule has 0 saturated heterocycles. The number of carbonyl (C=O) groups is 1. The maximum Gasteiger partial charge on any atom is 0.251 e. The first kappa shape index (κ1) is 17.4. The van der Waals surface area contributed by atoms with Crippen LogP contribution in [0.3, 0.4) is 0 Å². The Morgan fingerprint density at radius 1 is 1.24 bits per heavy atom. The molecule has 0 radical (unpaired) electrons. The molecule has 1 aliphatic heterocycles. The zero-order valence-corrected chi connectivity index (χ0v) is 14.5. The highest BCUT2D eigenvalue weighted by atomic mass is 19.1. The van der Waals surface area contributed by atoms with Crippen molar-refractivity contribution < 1.29 is 19.0 Å². The number of benzene rings is 2. The van der Waals surface area contributed by atoms with Crippen LogP contribution >= 0.6 is 0 Å². The van der Waals surface area contributed by atoms with E-state index in [2.05, 4.69) is 5.32 Å². The van der Waals surface area contributed by atoms with Gasteiger partial charge in [-0.1, -0.05) is 13.0 Å². The number of aliphatic hydroxyl groups is 1. The zero-order valence-electron chi connectivity index (χ0n) is 14.5. The van der Waals surface area contributed by atoms with Crippen molar-refractivity contribution in [3.05, 3.63) is 65.0 Å². The molecular formula is C20H22FNO3. The van der Waals surface area contributed by atoms with Crippen LogP contribution in [0.2, 0.25) is 0 Å². The molecule has 0 aromatic heterocycles. The molecule has 4 nitrogen and oxygen atoms in total. The Balaban J connectivity index is 1.95. The van der Waals surface area contributed by atoms with Crippen LogP contribution in [0.4, 0.5) is 4.39 Å². The first-order valence-corrected chi connectivity index (χ1v) is 8.38. The van der Waals surface area contributed by atoms with Gasteiger partial charge in [0, 0.05) is 11.1 Å². The molecule has 0 unspecified atom stereocenters. The van der Waals surface area contributed by atoms with Gasteiger partial charge in [-0.2, -0.15) is 0 Å². The lowest BCUT2D eigenvalue weighted by Gasteiger charge is -2.42. The fraction of sp³-hybridized carbons (Fsp3) is 0.350. The second-order valence-electron chi connectivity index (χ2n) is 6.83. The third-order valence-corrected chi connectivity index (χ3v) is 4.61. The Morgan fingerprint density at radius 2 is 1.92 bits per heavy atom. The van der Waals surface area contributed by atoms with Crippen LogP contribution in [-0.2, 0) is 6.42 Å². The Bertz CT molecular complexity index is 786. The third kappa shape index (κ3) is 3.37. The number of ether oxygens (including phenoxy) is 1. The molecule has 0 bridgehead atoms. The fourth-order valence-corrected chi connectivity index (χ4v) is 3.05. The van der Waals surface area contributed by atoms with E-state index in [0.717, 1.165) is 17.5 Å². The van der Waals surface area contributed by atoms with E-state index in [-0.39, 0.29) is 5.91 Å². The summed E-state index contributed by atoms with van der Waals surface area (Å²) in [5.74, 6) is -0.117. The lowest BCUT2D eigenvalue weighted by Crippen LogP contribution is -2.53. The van der Waals surface area contributed by atoms with Gasteiger partial charge in [-0.15, -0.1) is 0 Å². The van der Waals surface area contributed by atoms with Gasteiger partial charge in [0.15, 0.2) is 0 Å². The van der Waals surface area contributed by atoms with E-state index < -0.39 is 23.6 Å². The standard InChI is InChI=1S/C20H22FNO3/c1-4-12-5-10-16-15(11-12)17(18(23)20(2,3)25-16)22-19(24)13-6-8-14(21)9-7-13/h5-11,17-18,23H,4H2,1-3H3,(H,22,24)/t17-,18-/m1/s1. The molecule has 1 heterocycles. The average Bonchev–Trinajstić information content (AvgIpc) is 2.59. The van der Waals surface area contributed by atoms with Crippen molar-refractivity contribution in [3.63, 3.8) is 0 Å². The Labute approximate surface area is 146 Å². The number of rotatable bonds is 3. The molecule has 2 atom stereocenters. The van der Waals surface area contributed by atoms with E-state index >= 15 is 0 Å². The van der Waals surface area contributed by atoms with Crippen molar-refractivity contribution in [2.75, 3.05) is 0 Å². The first-order valence-electron chi connectivity index (χ1n) is 8.38. The van der Waals surface area contributed by atoms with Crippen LogP contribution in [0.25, 0.3) is 0 Å². The normalized spacial score (nSPS) is 21.2. The van der Waals surface area contributed by atoms with Crippen molar-refractivity contribution in [1.29, 1.82) is 0 Å². The van der Waals surface area contributed by atoms with Gasteiger partial charge in [-0.25, -0.2) is 4.39 Å². The molecule has 0 aliphatic carbocycles. The minimum Gasteiger partial charge on any atom is -0.485 e. The smallest absolute Gasteiger partial charge is 0.251 e. The SMILES string of the molecule is CCc1ccc2c(c1)[C@@H](NC(=O)c1ccc(F)cc1)[C@@H](O)C(C)(C)O2. The lowest BCUT2D eigenvalue weighted by atomic mass is 9.85. The largest absolute Gasteiger partial charge is 0.485 e. The van der Waals surface area contributed by atoms with Gasteiger partial charge in [0.1, 0.15) is 23.3 Å². The Morgan fingerprint density at radius 3 is 2.56 bits per heavy atom. The van der Waals surface area contributed by atoms with Gasteiger partial charge in [0.05, 0.1) is 6.04 Å². The number of hydrogen-bond donors (Lipinski definition) is 2. The van der Waals surface area contributed by atoms with Crippen molar-refractivity contribution in [2.45, 2.75) is 44.9 Å². The highest BCUT2D eigenvalue weighted by Crippen LogP contribution is 2.40. The second kappa shape index (κ2) is 6.48. The van der Waals surface area contributed by atoms with Crippen LogP contribution in [0.5, 0.6) is 5.75 Å². The molecule has 1 aliphatic rings. The van der Waals surface area contributed by atoms with Crippen LogP contribution in [0, 0.1) is 5.82 Å². The second-order valence-corrected chi connectivity index (χ2v) is 6.83. The lowest BCUT2D eigenvalue weighted by molar-refractivity contribution is -0.0628. The van der Waals surface area contributed by atoms with E-state index in [0.29, 0.717) is 11.3 Å². The van der Waals surface area contributed by atoms with Gasteiger partial charge in [0.25, 0.3) is 5.91 Å². The average molecular weight is 343 g/mol. The molecule has 0 fully saturated rings. The van der Waals surface area contributed by atoms with Gasteiger partial charge >= 0.3 is 0 Å². The molecule has 2 N–H and O–H groups in total. The van der Waals surface area contributed by atoms with Crippen molar-refractivity contribution in [2.24, 2.45) is 0 Å². The number of aliphatic hydroxyl groups excluding tert-OH is 1. The molecule has 0 saturated carbocycles. The van der Waals surface area contributed by atoms with Crippen molar-refractivity contribution >= 4 is 5.91 Å². The summed E-state index contributed by atoms with van der Waals surface area (Å²) in [6, 6.07) is 10.5. The van der Waals surface area contributed by atoms with Crippen LogP contribution < -0.4 is 10.1 Å². The molecule has 5 heteroatoms. The summed E-state index contributed by atoms with van der Waals surface area (Å²) in [6.07, 6.45) is -0.0812. The quantitative estimate of drug-likeness (QED) is 0.898. The summed E-state index contributed by atoms with van der Waals surface area (Å²) >= 11 is 0. The number of carbonyl (C=O) groups excluding carboxylic acids is 1. The summed E-state index contributed by atoms with van der Waals surface area (Å²) in [7, 11) is 0. The summed E-state index contributed by atoms with van der Waals surface area (Å²) in [6.45, 7) is 5.61. The van der Waals surface area contributed by atoms with Gasteiger partial charge in [-0.3, -0.25) is 4.79 Å². The van der Waals surface area contributed by atoms with Crippen LogP contribution in [0.15, 0.2) is 42.5 Å².